The largest absolute Gasteiger partial charge is 0.478 e. The lowest BCUT2D eigenvalue weighted by Gasteiger charge is -2.48. The maximum atomic E-state index is 13.6. The van der Waals surface area contributed by atoms with Crippen LogP contribution in [0.25, 0.3) is 10.9 Å². The molecule has 2 aromatic heterocycles. The smallest absolute Gasteiger partial charge is 0.293 e. The highest BCUT2D eigenvalue weighted by Crippen LogP contribution is 2.37. The lowest BCUT2D eigenvalue weighted by Crippen LogP contribution is -2.56. The highest BCUT2D eigenvalue weighted by molar-refractivity contribution is 6.33. The summed E-state index contributed by atoms with van der Waals surface area (Å²) in [6.07, 6.45) is 5.82. The Labute approximate surface area is 380 Å². The van der Waals surface area contributed by atoms with Crippen molar-refractivity contribution in [2.45, 2.75) is 89.6 Å². The van der Waals surface area contributed by atoms with Gasteiger partial charge in [0.2, 0.25) is 17.8 Å². The number of rotatable bonds is 12. The van der Waals surface area contributed by atoms with E-state index in [1.807, 2.05) is 45.0 Å². The summed E-state index contributed by atoms with van der Waals surface area (Å²) in [6, 6.07) is 10.2. The molecule has 2 aromatic carbocycles. The van der Waals surface area contributed by atoms with Gasteiger partial charge in [-0.05, 0) is 94.8 Å². The first kappa shape index (κ1) is 44.1. The van der Waals surface area contributed by atoms with Gasteiger partial charge in [-0.15, -0.1) is 0 Å². The zero-order valence-corrected chi connectivity index (χ0v) is 37.7. The minimum Gasteiger partial charge on any atom is -0.478 e. The van der Waals surface area contributed by atoms with Crippen molar-refractivity contribution in [2.24, 2.45) is 0 Å². The van der Waals surface area contributed by atoms with E-state index in [1.165, 1.54) is 7.05 Å². The number of carbonyl (C=O) groups is 5. The first-order chi connectivity index (χ1) is 31.3. The molecule has 18 nitrogen and oxygen atoms in total. The van der Waals surface area contributed by atoms with Crippen LogP contribution in [0.1, 0.15) is 84.7 Å². The molecule has 0 radical (unpaired) electrons. The van der Waals surface area contributed by atoms with Gasteiger partial charge in [0.15, 0.2) is 18.2 Å². The molecule has 4 fully saturated rings. The molecule has 1 aliphatic carbocycles. The van der Waals surface area contributed by atoms with Crippen LogP contribution < -0.4 is 36.0 Å². The molecule has 1 atom stereocenters. The molecule has 6 heterocycles. The summed E-state index contributed by atoms with van der Waals surface area (Å²) in [4.78, 5) is 93.5. The van der Waals surface area contributed by atoms with Crippen LogP contribution in [0.2, 0.25) is 5.02 Å². The second kappa shape index (κ2) is 18.0. The van der Waals surface area contributed by atoms with Gasteiger partial charge in [-0.2, -0.15) is 4.98 Å². The van der Waals surface area contributed by atoms with Gasteiger partial charge in [-0.25, -0.2) is 4.98 Å². The van der Waals surface area contributed by atoms with Gasteiger partial charge < -0.3 is 34.5 Å². The molecule has 342 valence electrons. The number of benzene rings is 2. The van der Waals surface area contributed by atoms with Gasteiger partial charge >= 0.3 is 0 Å². The number of nitrogens with zero attached hydrogens (tertiary/aromatic N) is 7. The number of piperidine rings is 2. The van der Waals surface area contributed by atoms with E-state index in [0.717, 1.165) is 92.0 Å². The average Bonchev–Trinajstić information content (AvgIpc) is 3.53. The molecule has 3 N–H and O–H groups in total. The number of aromatic nitrogens is 3. The fourth-order valence-electron chi connectivity index (χ4n) is 9.75. The van der Waals surface area contributed by atoms with E-state index in [1.54, 1.807) is 22.9 Å². The van der Waals surface area contributed by atoms with Gasteiger partial charge in [-0.3, -0.25) is 43.9 Å². The molecule has 65 heavy (non-hydrogen) atoms. The summed E-state index contributed by atoms with van der Waals surface area (Å²) < 4.78 is 13.9. The molecule has 0 unspecified atom stereocenters. The number of hydrogen-bond acceptors (Lipinski definition) is 14. The van der Waals surface area contributed by atoms with Crippen molar-refractivity contribution >= 4 is 75.2 Å². The van der Waals surface area contributed by atoms with Gasteiger partial charge in [0.05, 0.1) is 35.0 Å². The SMILES string of the molecule is CNC(=O)COc1cc2cc(Nc3nc(N4CCC(OC5CC(N6CCN(c7ccc8c(c7C)C(=O)N([C@@H]7CCC(=O)NC7=O)C8=O)CC6)C5)CC4)ncc3Cl)ccc2n(C(C)C)c1=O. The van der Waals surface area contributed by atoms with E-state index in [9.17, 15) is 28.8 Å². The lowest BCUT2D eigenvalue weighted by molar-refractivity contribution is -0.136. The molecule has 0 spiro atoms. The molecule has 5 amide bonds. The Morgan fingerprint density at radius 1 is 0.923 bits per heavy atom. The molecular weight excluding hydrogens is 856 g/mol. The Morgan fingerprint density at radius 3 is 2.38 bits per heavy atom. The zero-order valence-electron chi connectivity index (χ0n) is 36.9. The highest BCUT2D eigenvalue weighted by Gasteiger charge is 2.46. The maximum Gasteiger partial charge on any atom is 0.293 e. The second-order valence-electron chi connectivity index (χ2n) is 17.7. The van der Waals surface area contributed by atoms with E-state index >= 15 is 0 Å². The van der Waals surface area contributed by atoms with E-state index in [4.69, 9.17) is 26.1 Å². The van der Waals surface area contributed by atoms with Crippen LogP contribution in [0.3, 0.4) is 0 Å². The molecule has 1 saturated carbocycles. The number of carbonyl (C=O) groups excluding carboxylic acids is 5. The number of pyridine rings is 1. The van der Waals surface area contributed by atoms with Crippen LogP contribution in [0.15, 0.2) is 47.4 Å². The Balaban J connectivity index is 0.752. The Morgan fingerprint density at radius 2 is 1.68 bits per heavy atom. The summed E-state index contributed by atoms with van der Waals surface area (Å²) in [5.41, 5.74) is 3.41. The number of piperazine rings is 1. The molecule has 4 aromatic rings. The Kier molecular flexibility index (Phi) is 12.2. The van der Waals surface area contributed by atoms with Crippen molar-refractivity contribution in [1.29, 1.82) is 0 Å². The van der Waals surface area contributed by atoms with Crippen LogP contribution in [0, 0.1) is 6.92 Å². The minimum absolute atomic E-state index is 0.0827. The number of hydrogen-bond donors (Lipinski definition) is 3. The van der Waals surface area contributed by atoms with Gasteiger partial charge in [0, 0.05) is 81.6 Å². The minimum atomic E-state index is -0.989. The quantitative estimate of drug-likeness (QED) is 0.173. The molecule has 3 saturated heterocycles. The number of imide groups is 2. The van der Waals surface area contributed by atoms with Crippen molar-refractivity contribution in [2.75, 3.05) is 68.0 Å². The third-order valence-electron chi connectivity index (χ3n) is 13.3. The van der Waals surface area contributed by atoms with Crippen LogP contribution in [0.5, 0.6) is 5.75 Å². The summed E-state index contributed by atoms with van der Waals surface area (Å²) in [7, 11) is 1.51. The number of halogens is 1. The highest BCUT2D eigenvalue weighted by atomic mass is 35.5. The maximum absolute atomic E-state index is 13.6. The fraction of sp³-hybridized carbons (Fsp3) is 0.478. The first-order valence-corrected chi connectivity index (χ1v) is 22.7. The number of anilines is 4. The average molecular weight is 909 g/mol. The standard InChI is InChI=1S/C46H53ClN10O8/c1-25(2)56-35-7-5-28(19-27(35)20-37(44(56)62)64-24-39(59)48-4)50-41-33(47)23-49-46(52-41)55-13-11-30(12-14-55)65-31-21-29(22-31)53-15-17-54(18-16-53)34-8-6-32-40(26(34)3)45(63)57(43(32)61)36-9-10-38(58)51-42(36)60/h5-8,19-20,23,25,29-31,36H,9-18,21-22,24H2,1-4H3,(H,48,59)(H,49,50,52)(H,51,58,60)/t29?,31?,36-/m1/s1. The van der Waals surface area contributed by atoms with Crippen molar-refractivity contribution in [1.82, 2.24) is 35.0 Å². The second-order valence-corrected chi connectivity index (χ2v) is 18.1. The predicted octanol–water partition coefficient (Wildman–Crippen LogP) is 3.94. The number of amides is 5. The van der Waals surface area contributed by atoms with Crippen molar-refractivity contribution < 1.29 is 33.4 Å². The molecule has 19 heteroatoms. The number of likely N-dealkylation sites (N-methyl/N-ethyl adjacent to an activating group) is 1. The number of fused-ring (bicyclic) bond motifs is 2. The fourth-order valence-corrected chi connectivity index (χ4v) is 9.89. The summed E-state index contributed by atoms with van der Waals surface area (Å²) >= 11 is 6.60. The van der Waals surface area contributed by atoms with Crippen LogP contribution in [-0.4, -0.2) is 131 Å². The van der Waals surface area contributed by atoms with E-state index < -0.39 is 29.7 Å². The molecular formula is C46H53ClN10O8. The van der Waals surface area contributed by atoms with Gasteiger partial charge in [-0.1, -0.05) is 11.6 Å². The summed E-state index contributed by atoms with van der Waals surface area (Å²) in [5, 5.41) is 9.19. The van der Waals surface area contributed by atoms with Crippen LogP contribution >= 0.6 is 11.6 Å². The van der Waals surface area contributed by atoms with Crippen LogP contribution in [0.4, 0.5) is 23.1 Å². The molecule has 4 aliphatic heterocycles. The van der Waals surface area contributed by atoms with E-state index in [0.29, 0.717) is 39.6 Å². The lowest BCUT2D eigenvalue weighted by atomic mass is 9.87. The normalized spacial score (nSPS) is 21.8. The van der Waals surface area contributed by atoms with Crippen molar-refractivity contribution in [3.63, 3.8) is 0 Å². The van der Waals surface area contributed by atoms with E-state index in [2.05, 4.69) is 35.6 Å². The molecule has 5 aliphatic rings. The van der Waals surface area contributed by atoms with Gasteiger partial charge in [0.1, 0.15) is 11.1 Å². The van der Waals surface area contributed by atoms with Crippen molar-refractivity contribution in [3.8, 4) is 5.75 Å². The third kappa shape index (κ3) is 8.61. The van der Waals surface area contributed by atoms with Crippen molar-refractivity contribution in [3.05, 3.63) is 74.7 Å². The third-order valence-corrected chi connectivity index (χ3v) is 13.6. The number of nitrogens with one attached hydrogen (secondary N) is 3. The molecule has 9 rings (SSSR count). The summed E-state index contributed by atoms with van der Waals surface area (Å²) in [5.74, 6) is -1.21. The Bertz CT molecular complexity index is 2630. The van der Waals surface area contributed by atoms with Crippen LogP contribution in [-0.2, 0) is 19.1 Å². The first-order valence-electron chi connectivity index (χ1n) is 22.3. The van der Waals surface area contributed by atoms with E-state index in [-0.39, 0.29) is 54.9 Å². The summed E-state index contributed by atoms with van der Waals surface area (Å²) in [6.45, 7) is 10.2. The topological polar surface area (TPSA) is 201 Å². The predicted molar refractivity (Wildman–Crippen MR) is 243 cm³/mol. The number of ether oxygens (including phenoxy) is 2. The monoisotopic (exact) mass is 908 g/mol. The van der Waals surface area contributed by atoms with Gasteiger partial charge in [0.25, 0.3) is 23.3 Å². The zero-order chi connectivity index (χ0) is 45.7. The molecule has 0 bridgehead atoms. The Hall–Kier alpha value is -6.11.